The zero-order valence-electron chi connectivity index (χ0n) is 9.57. The Morgan fingerprint density at radius 2 is 2.25 bits per heavy atom. The van der Waals surface area contributed by atoms with Crippen LogP contribution in [0.25, 0.3) is 0 Å². The molecule has 1 atom stereocenters. The van der Waals surface area contributed by atoms with E-state index in [-0.39, 0.29) is 24.6 Å². The maximum absolute atomic E-state index is 9.19. The van der Waals surface area contributed by atoms with Gasteiger partial charge < -0.3 is 15.2 Å². The zero-order valence-corrected chi connectivity index (χ0v) is 10.3. The highest BCUT2D eigenvalue weighted by Crippen LogP contribution is 2.22. The minimum Gasteiger partial charge on any atom is -0.467 e. The third-order valence-corrected chi connectivity index (χ3v) is 2.50. The highest BCUT2D eigenvalue weighted by atomic mass is 35.5. The number of halogens is 1. The first-order chi connectivity index (χ1) is 7.58. The Morgan fingerprint density at radius 1 is 1.56 bits per heavy atom. The van der Waals surface area contributed by atoms with Crippen molar-refractivity contribution in [1.29, 1.82) is 0 Å². The topological polar surface area (TPSA) is 67.3 Å². The Labute approximate surface area is 99.8 Å². The molecule has 0 aliphatic rings. The Kier molecular flexibility index (Phi) is 4.76. The molecule has 1 aromatic heterocycles. The predicted molar refractivity (Wildman–Crippen MR) is 62.9 cm³/mol. The smallest absolute Gasteiger partial charge is 0.318 e. The molecule has 0 saturated carbocycles. The van der Waals surface area contributed by atoms with Crippen molar-refractivity contribution in [2.24, 2.45) is 5.92 Å². The number of nitrogens with zero attached hydrogens (tertiary/aromatic N) is 2. The molecule has 1 aromatic rings. The fourth-order valence-electron chi connectivity index (χ4n) is 1.15. The van der Waals surface area contributed by atoms with E-state index in [0.29, 0.717) is 10.8 Å². The summed E-state index contributed by atoms with van der Waals surface area (Å²) in [5.74, 6) is 0.739. The predicted octanol–water partition coefficient (Wildman–Crippen LogP) is 1.57. The zero-order chi connectivity index (χ0) is 12.1. The van der Waals surface area contributed by atoms with Crippen LogP contribution in [0, 0.1) is 5.92 Å². The molecule has 90 valence electrons. The maximum atomic E-state index is 9.19. The molecular formula is C10H16ClN3O2. The second kappa shape index (κ2) is 5.86. The Hall–Kier alpha value is -1.07. The van der Waals surface area contributed by atoms with Crippen molar-refractivity contribution >= 4 is 17.4 Å². The number of anilines is 1. The number of hydrogen-bond donors (Lipinski definition) is 2. The lowest BCUT2D eigenvalue weighted by Gasteiger charge is -2.21. The molecule has 0 saturated heterocycles. The Bertz CT molecular complexity index is 347. The summed E-state index contributed by atoms with van der Waals surface area (Å²) in [6, 6.07) is 0.143. The number of nitrogens with one attached hydrogen (secondary N) is 1. The van der Waals surface area contributed by atoms with Gasteiger partial charge in [-0.2, -0.15) is 4.98 Å². The van der Waals surface area contributed by atoms with E-state index in [2.05, 4.69) is 15.3 Å². The second-order valence-electron chi connectivity index (χ2n) is 3.73. The van der Waals surface area contributed by atoms with Crippen molar-refractivity contribution in [2.45, 2.75) is 19.9 Å². The van der Waals surface area contributed by atoms with Gasteiger partial charge in [0, 0.05) is 0 Å². The van der Waals surface area contributed by atoms with E-state index in [0.717, 1.165) is 0 Å². The second-order valence-corrected chi connectivity index (χ2v) is 4.14. The molecule has 0 spiro atoms. The number of hydrogen-bond acceptors (Lipinski definition) is 5. The summed E-state index contributed by atoms with van der Waals surface area (Å²) in [5, 5.41) is 12.7. The van der Waals surface area contributed by atoms with Crippen LogP contribution in [-0.2, 0) is 0 Å². The number of aromatic nitrogens is 2. The molecule has 0 fully saturated rings. The van der Waals surface area contributed by atoms with Crippen molar-refractivity contribution in [2.75, 3.05) is 19.0 Å². The van der Waals surface area contributed by atoms with Crippen molar-refractivity contribution in [3.63, 3.8) is 0 Å². The number of ether oxygens (including phenoxy) is 1. The van der Waals surface area contributed by atoms with Gasteiger partial charge in [-0.1, -0.05) is 25.4 Å². The molecule has 0 aliphatic heterocycles. The number of aliphatic hydroxyl groups excluding tert-OH is 1. The van der Waals surface area contributed by atoms with E-state index in [9.17, 15) is 5.11 Å². The molecule has 0 bridgehead atoms. The van der Waals surface area contributed by atoms with E-state index in [4.69, 9.17) is 16.3 Å². The number of aliphatic hydroxyl groups is 1. The van der Waals surface area contributed by atoms with Crippen LogP contribution >= 0.6 is 11.6 Å². The van der Waals surface area contributed by atoms with Crippen LogP contribution in [0.15, 0.2) is 6.20 Å². The fraction of sp³-hybridized carbons (Fsp3) is 0.600. The molecule has 2 N–H and O–H groups in total. The molecule has 16 heavy (non-hydrogen) atoms. The summed E-state index contributed by atoms with van der Waals surface area (Å²) < 4.78 is 4.90. The largest absolute Gasteiger partial charge is 0.467 e. The van der Waals surface area contributed by atoms with Gasteiger partial charge in [0.05, 0.1) is 26.0 Å². The summed E-state index contributed by atoms with van der Waals surface area (Å²) in [6.07, 6.45) is 1.46. The van der Waals surface area contributed by atoms with Crippen LogP contribution in [0.3, 0.4) is 0 Å². The Balaban J connectivity index is 2.86. The molecule has 6 heteroatoms. The van der Waals surface area contributed by atoms with Crippen LogP contribution in [0.2, 0.25) is 5.02 Å². The number of methoxy groups -OCH3 is 1. The summed E-state index contributed by atoms with van der Waals surface area (Å²) in [4.78, 5) is 7.94. The van der Waals surface area contributed by atoms with E-state index in [1.807, 2.05) is 13.8 Å². The summed E-state index contributed by atoms with van der Waals surface area (Å²) in [6.45, 7) is 4.01. The van der Waals surface area contributed by atoms with E-state index >= 15 is 0 Å². The van der Waals surface area contributed by atoms with Crippen LogP contribution in [0.5, 0.6) is 6.01 Å². The molecule has 0 amide bonds. The van der Waals surface area contributed by atoms with Crippen molar-refractivity contribution < 1.29 is 9.84 Å². The normalized spacial score (nSPS) is 12.6. The van der Waals surface area contributed by atoms with Crippen molar-refractivity contribution in [3.05, 3.63) is 11.2 Å². The van der Waals surface area contributed by atoms with Crippen molar-refractivity contribution in [1.82, 2.24) is 9.97 Å². The highest BCUT2D eigenvalue weighted by molar-refractivity contribution is 6.32. The van der Waals surface area contributed by atoms with Gasteiger partial charge in [0.1, 0.15) is 5.02 Å². The molecule has 0 aliphatic carbocycles. The minimum atomic E-state index is -0.0999. The first-order valence-electron chi connectivity index (χ1n) is 5.02. The standard InChI is InChI=1S/C10H16ClN3O2/c1-6(2)8(5-15)13-9-7(11)4-12-10(14-9)16-3/h4,6,8,15H,5H2,1-3H3,(H,12,13,14)/t8-/m1/s1. The SMILES string of the molecule is COc1ncc(Cl)c(N[C@H](CO)C(C)C)n1. The molecule has 1 heterocycles. The third kappa shape index (κ3) is 3.21. The minimum absolute atomic E-state index is 0.0142. The van der Waals surface area contributed by atoms with Crippen LogP contribution in [-0.4, -0.2) is 34.8 Å². The first kappa shape index (κ1) is 13.0. The summed E-state index contributed by atoms with van der Waals surface area (Å²) >= 11 is 5.93. The summed E-state index contributed by atoms with van der Waals surface area (Å²) in [5.41, 5.74) is 0. The van der Waals surface area contributed by atoms with Gasteiger partial charge >= 0.3 is 6.01 Å². The van der Waals surface area contributed by atoms with Crippen molar-refractivity contribution in [3.8, 4) is 6.01 Å². The first-order valence-corrected chi connectivity index (χ1v) is 5.40. The lowest BCUT2D eigenvalue weighted by molar-refractivity contribution is 0.249. The van der Waals surface area contributed by atoms with Gasteiger partial charge in [-0.05, 0) is 5.92 Å². The van der Waals surface area contributed by atoms with Gasteiger partial charge in [0.25, 0.3) is 0 Å². The van der Waals surface area contributed by atoms with Gasteiger partial charge in [0.2, 0.25) is 0 Å². The van der Waals surface area contributed by atoms with Gasteiger partial charge in [-0.15, -0.1) is 0 Å². The van der Waals surface area contributed by atoms with Crippen LogP contribution < -0.4 is 10.1 Å². The average Bonchev–Trinajstić information content (AvgIpc) is 2.27. The van der Waals surface area contributed by atoms with Crippen LogP contribution in [0.4, 0.5) is 5.82 Å². The Morgan fingerprint density at radius 3 is 2.75 bits per heavy atom. The van der Waals surface area contributed by atoms with E-state index in [1.165, 1.54) is 13.3 Å². The fourth-order valence-corrected chi connectivity index (χ4v) is 1.29. The molecule has 1 rings (SSSR count). The molecule has 0 aromatic carbocycles. The van der Waals surface area contributed by atoms with Gasteiger partial charge in [0.15, 0.2) is 5.82 Å². The van der Waals surface area contributed by atoms with Gasteiger partial charge in [-0.25, -0.2) is 4.98 Å². The quantitative estimate of drug-likeness (QED) is 0.824. The molecule has 0 radical (unpaired) electrons. The van der Waals surface area contributed by atoms with E-state index in [1.54, 1.807) is 0 Å². The maximum Gasteiger partial charge on any atom is 0.318 e. The monoisotopic (exact) mass is 245 g/mol. The lowest BCUT2D eigenvalue weighted by Crippen LogP contribution is -2.30. The molecular weight excluding hydrogens is 230 g/mol. The number of rotatable bonds is 5. The molecule has 0 unspecified atom stereocenters. The van der Waals surface area contributed by atoms with Gasteiger partial charge in [-0.3, -0.25) is 0 Å². The lowest BCUT2D eigenvalue weighted by atomic mass is 10.1. The third-order valence-electron chi connectivity index (χ3n) is 2.23. The average molecular weight is 246 g/mol. The molecule has 5 nitrogen and oxygen atoms in total. The highest BCUT2D eigenvalue weighted by Gasteiger charge is 2.15. The van der Waals surface area contributed by atoms with E-state index < -0.39 is 0 Å². The van der Waals surface area contributed by atoms with Crippen LogP contribution in [0.1, 0.15) is 13.8 Å². The summed E-state index contributed by atoms with van der Waals surface area (Å²) in [7, 11) is 1.49.